The Hall–Kier alpha value is -1.36. The highest BCUT2D eigenvalue weighted by Gasteiger charge is 2.19. The van der Waals surface area contributed by atoms with E-state index >= 15 is 0 Å². The van der Waals surface area contributed by atoms with Gasteiger partial charge in [0.25, 0.3) is 0 Å². The molecule has 0 saturated heterocycles. The van der Waals surface area contributed by atoms with Gasteiger partial charge in [-0.25, -0.2) is 4.79 Å². The van der Waals surface area contributed by atoms with E-state index in [0.29, 0.717) is 12.2 Å². The molecule has 1 aromatic rings. The molecule has 0 aliphatic carbocycles. The summed E-state index contributed by atoms with van der Waals surface area (Å²) in [5.41, 5.74) is 6.72. The average molecular weight is 197 g/mol. The smallest absolute Gasteiger partial charge is 0.358 e. The van der Waals surface area contributed by atoms with Gasteiger partial charge in [-0.15, -0.1) is 0 Å². The first kappa shape index (κ1) is 10.7. The molecule has 0 bridgehead atoms. The summed E-state index contributed by atoms with van der Waals surface area (Å²) in [5.74, 6) is -0.307. The minimum absolute atomic E-state index is 0.109. The third kappa shape index (κ3) is 1.93. The van der Waals surface area contributed by atoms with Crippen molar-refractivity contribution in [2.75, 3.05) is 13.7 Å². The Labute approximate surface area is 82.8 Å². The molecule has 1 heterocycles. The predicted molar refractivity (Wildman–Crippen MR) is 52.0 cm³/mol. The van der Waals surface area contributed by atoms with E-state index in [1.165, 1.54) is 7.11 Å². The van der Waals surface area contributed by atoms with Crippen molar-refractivity contribution in [3.63, 3.8) is 0 Å². The highest BCUT2D eigenvalue weighted by Crippen LogP contribution is 2.18. The maximum Gasteiger partial charge on any atom is 0.358 e. The molecular weight excluding hydrogens is 182 g/mol. The number of carbonyl (C=O) groups is 1. The number of nitrogens with two attached hydrogens (primary N) is 1. The second-order valence-corrected chi connectivity index (χ2v) is 3.24. The first-order valence-electron chi connectivity index (χ1n) is 4.42. The number of hydrogen-bond donors (Lipinski definition) is 1. The van der Waals surface area contributed by atoms with Crippen LogP contribution in [0.25, 0.3) is 0 Å². The van der Waals surface area contributed by atoms with Crippen molar-refractivity contribution in [1.29, 1.82) is 0 Å². The number of aryl methyl sites for hydroxylation is 1. The van der Waals surface area contributed by atoms with Crippen molar-refractivity contribution in [1.82, 2.24) is 9.78 Å². The van der Waals surface area contributed by atoms with E-state index in [1.807, 2.05) is 6.92 Å². The van der Waals surface area contributed by atoms with Crippen molar-refractivity contribution >= 4 is 5.97 Å². The minimum Gasteiger partial charge on any atom is -0.464 e. The van der Waals surface area contributed by atoms with Crippen molar-refractivity contribution < 1.29 is 9.53 Å². The number of nitrogens with zero attached hydrogens (tertiary/aromatic N) is 2. The molecule has 0 aromatic carbocycles. The molecule has 0 amide bonds. The van der Waals surface area contributed by atoms with E-state index in [-0.39, 0.29) is 5.92 Å². The van der Waals surface area contributed by atoms with E-state index in [0.717, 1.165) is 5.56 Å². The van der Waals surface area contributed by atoms with Crippen LogP contribution in [0.2, 0.25) is 0 Å². The van der Waals surface area contributed by atoms with Gasteiger partial charge in [0.1, 0.15) is 0 Å². The van der Waals surface area contributed by atoms with Crippen LogP contribution < -0.4 is 5.73 Å². The van der Waals surface area contributed by atoms with Gasteiger partial charge in [-0.1, -0.05) is 6.92 Å². The molecule has 0 radical (unpaired) electrons. The zero-order valence-electron chi connectivity index (χ0n) is 8.65. The number of methoxy groups -OCH3 is 1. The summed E-state index contributed by atoms with van der Waals surface area (Å²) in [5, 5.41) is 4.04. The van der Waals surface area contributed by atoms with Crippen molar-refractivity contribution in [2.45, 2.75) is 12.8 Å². The fourth-order valence-corrected chi connectivity index (χ4v) is 1.25. The number of hydrogen-bond acceptors (Lipinski definition) is 4. The lowest BCUT2D eigenvalue weighted by Gasteiger charge is -2.06. The Morgan fingerprint density at radius 1 is 1.79 bits per heavy atom. The Kier molecular flexibility index (Phi) is 3.24. The largest absolute Gasteiger partial charge is 0.464 e. The average Bonchev–Trinajstić information content (AvgIpc) is 2.58. The summed E-state index contributed by atoms with van der Waals surface area (Å²) in [6.07, 6.45) is 1.80. The monoisotopic (exact) mass is 197 g/mol. The zero-order valence-corrected chi connectivity index (χ0v) is 8.65. The molecule has 1 rings (SSSR count). The molecule has 78 valence electrons. The Bertz CT molecular complexity index is 333. The summed E-state index contributed by atoms with van der Waals surface area (Å²) >= 11 is 0. The second-order valence-electron chi connectivity index (χ2n) is 3.24. The summed E-state index contributed by atoms with van der Waals surface area (Å²) in [7, 11) is 3.10. The first-order valence-corrected chi connectivity index (χ1v) is 4.42. The van der Waals surface area contributed by atoms with Gasteiger partial charge in [0, 0.05) is 18.8 Å². The van der Waals surface area contributed by atoms with Gasteiger partial charge in [0.15, 0.2) is 5.69 Å². The lowest BCUT2D eigenvalue weighted by Crippen LogP contribution is -2.13. The molecule has 5 nitrogen and oxygen atoms in total. The molecule has 14 heavy (non-hydrogen) atoms. The third-order valence-electron chi connectivity index (χ3n) is 2.12. The lowest BCUT2D eigenvalue weighted by molar-refractivity contribution is 0.0591. The fraction of sp³-hybridized carbons (Fsp3) is 0.556. The maximum atomic E-state index is 11.3. The van der Waals surface area contributed by atoms with Crippen LogP contribution in [0.1, 0.15) is 28.9 Å². The Morgan fingerprint density at radius 3 is 2.93 bits per heavy atom. The quantitative estimate of drug-likeness (QED) is 0.706. The van der Waals surface area contributed by atoms with Gasteiger partial charge in [0.2, 0.25) is 0 Å². The van der Waals surface area contributed by atoms with E-state index in [4.69, 9.17) is 5.73 Å². The fourth-order valence-electron chi connectivity index (χ4n) is 1.25. The van der Waals surface area contributed by atoms with Gasteiger partial charge in [-0.2, -0.15) is 5.10 Å². The van der Waals surface area contributed by atoms with Crippen LogP contribution in [-0.4, -0.2) is 29.4 Å². The first-order chi connectivity index (χ1) is 6.60. The molecular formula is C9H15N3O2. The Balaban J connectivity index is 3.08. The van der Waals surface area contributed by atoms with Crippen LogP contribution in [0.5, 0.6) is 0 Å². The molecule has 1 aromatic heterocycles. The molecule has 1 unspecified atom stereocenters. The van der Waals surface area contributed by atoms with Crippen LogP contribution in [-0.2, 0) is 11.8 Å². The standard InChI is InChI=1S/C9H15N3O2/c1-6(4-10)7-5-12(2)11-8(7)9(13)14-3/h5-6H,4,10H2,1-3H3. The molecule has 0 aliphatic rings. The highest BCUT2D eigenvalue weighted by atomic mass is 16.5. The number of aromatic nitrogens is 2. The Morgan fingerprint density at radius 2 is 2.43 bits per heavy atom. The van der Waals surface area contributed by atoms with E-state index in [2.05, 4.69) is 9.84 Å². The topological polar surface area (TPSA) is 70.1 Å². The van der Waals surface area contributed by atoms with Crippen molar-refractivity contribution in [3.8, 4) is 0 Å². The van der Waals surface area contributed by atoms with Gasteiger partial charge in [0.05, 0.1) is 7.11 Å². The summed E-state index contributed by atoms with van der Waals surface area (Å²) in [6, 6.07) is 0. The third-order valence-corrected chi connectivity index (χ3v) is 2.12. The summed E-state index contributed by atoms with van der Waals surface area (Å²) in [4.78, 5) is 11.3. The molecule has 2 N–H and O–H groups in total. The van der Waals surface area contributed by atoms with Gasteiger partial charge >= 0.3 is 5.97 Å². The number of rotatable bonds is 3. The number of ether oxygens (including phenoxy) is 1. The van der Waals surface area contributed by atoms with Crippen molar-refractivity contribution in [3.05, 3.63) is 17.5 Å². The lowest BCUT2D eigenvalue weighted by atomic mass is 10.0. The molecule has 1 atom stereocenters. The normalized spacial score (nSPS) is 12.6. The summed E-state index contributed by atoms with van der Waals surface area (Å²) in [6.45, 7) is 2.43. The molecule has 0 aliphatic heterocycles. The van der Waals surface area contributed by atoms with Crippen LogP contribution >= 0.6 is 0 Å². The molecule has 0 saturated carbocycles. The predicted octanol–water partition coefficient (Wildman–Crippen LogP) is 0.269. The summed E-state index contributed by atoms with van der Waals surface area (Å²) < 4.78 is 6.22. The molecule has 0 fully saturated rings. The van der Waals surface area contributed by atoms with E-state index in [9.17, 15) is 4.79 Å². The number of esters is 1. The SMILES string of the molecule is COC(=O)c1nn(C)cc1C(C)CN. The van der Waals surface area contributed by atoms with Crippen LogP contribution in [0.3, 0.4) is 0 Å². The van der Waals surface area contributed by atoms with Crippen molar-refractivity contribution in [2.24, 2.45) is 12.8 Å². The second kappa shape index (κ2) is 4.23. The molecule has 5 heteroatoms. The van der Waals surface area contributed by atoms with Crippen LogP contribution in [0.15, 0.2) is 6.20 Å². The van der Waals surface area contributed by atoms with Crippen LogP contribution in [0.4, 0.5) is 0 Å². The van der Waals surface area contributed by atoms with E-state index in [1.54, 1.807) is 17.9 Å². The highest BCUT2D eigenvalue weighted by molar-refractivity contribution is 5.88. The zero-order chi connectivity index (χ0) is 10.7. The van der Waals surface area contributed by atoms with Crippen LogP contribution in [0, 0.1) is 0 Å². The maximum absolute atomic E-state index is 11.3. The van der Waals surface area contributed by atoms with Gasteiger partial charge in [-0.05, 0) is 12.5 Å². The number of carbonyl (C=O) groups excluding carboxylic acids is 1. The minimum atomic E-state index is -0.416. The van der Waals surface area contributed by atoms with Gasteiger partial charge < -0.3 is 10.5 Å². The van der Waals surface area contributed by atoms with E-state index < -0.39 is 5.97 Å². The molecule has 0 spiro atoms. The van der Waals surface area contributed by atoms with Gasteiger partial charge in [-0.3, -0.25) is 4.68 Å².